The lowest BCUT2D eigenvalue weighted by atomic mass is 10.0. The summed E-state index contributed by atoms with van der Waals surface area (Å²) in [6.45, 7) is 3.64. The average molecular weight is 303 g/mol. The fourth-order valence-electron chi connectivity index (χ4n) is 2.01. The van der Waals surface area contributed by atoms with Gasteiger partial charge in [-0.05, 0) is 41.3 Å². The summed E-state index contributed by atoms with van der Waals surface area (Å²) < 4.78 is 0.999. The minimum Gasteiger partial charge on any atom is -0.338 e. The number of amides is 1. The van der Waals surface area contributed by atoms with E-state index in [1.165, 1.54) is 0 Å². The lowest BCUT2D eigenvalue weighted by Gasteiger charge is -2.17. The number of hydrogen-bond acceptors (Lipinski definition) is 3. The standard InChI is InChI=1S/C11H15BrN2OS/c1-7(13)8-2-3-14(5-8)11(15)9-4-10(12)16-6-9/h4,6-8H,2-3,5,13H2,1H3. The zero-order valence-corrected chi connectivity index (χ0v) is 11.6. The molecule has 0 aromatic carbocycles. The summed E-state index contributed by atoms with van der Waals surface area (Å²) in [5.74, 6) is 0.580. The van der Waals surface area contributed by atoms with Crippen LogP contribution in [0.2, 0.25) is 0 Å². The van der Waals surface area contributed by atoms with Crippen LogP contribution < -0.4 is 5.73 Å². The van der Waals surface area contributed by atoms with Crippen molar-refractivity contribution in [3.05, 3.63) is 20.8 Å². The maximum atomic E-state index is 12.1. The summed E-state index contributed by atoms with van der Waals surface area (Å²) in [6.07, 6.45) is 1.02. The van der Waals surface area contributed by atoms with Gasteiger partial charge in [0.1, 0.15) is 0 Å². The van der Waals surface area contributed by atoms with Crippen LogP contribution in [-0.4, -0.2) is 29.9 Å². The molecule has 2 unspecified atom stereocenters. The first-order valence-corrected chi connectivity index (χ1v) is 7.04. The van der Waals surface area contributed by atoms with Crippen LogP contribution in [0.1, 0.15) is 23.7 Å². The van der Waals surface area contributed by atoms with E-state index in [2.05, 4.69) is 15.9 Å². The predicted molar refractivity (Wildman–Crippen MR) is 69.7 cm³/mol. The molecule has 2 heterocycles. The Balaban J connectivity index is 2.02. The maximum Gasteiger partial charge on any atom is 0.254 e. The highest BCUT2D eigenvalue weighted by Crippen LogP contribution is 2.25. The number of carbonyl (C=O) groups excluding carboxylic acids is 1. The van der Waals surface area contributed by atoms with Gasteiger partial charge in [0, 0.05) is 24.5 Å². The van der Waals surface area contributed by atoms with Crippen molar-refractivity contribution < 1.29 is 4.79 Å². The zero-order chi connectivity index (χ0) is 11.7. The molecule has 2 atom stereocenters. The fourth-order valence-corrected chi connectivity index (χ4v) is 3.14. The summed E-state index contributed by atoms with van der Waals surface area (Å²) in [7, 11) is 0. The smallest absolute Gasteiger partial charge is 0.254 e. The second kappa shape index (κ2) is 4.85. The maximum absolute atomic E-state index is 12.1. The number of halogens is 1. The van der Waals surface area contributed by atoms with E-state index in [9.17, 15) is 4.79 Å². The lowest BCUT2D eigenvalue weighted by molar-refractivity contribution is 0.0786. The highest BCUT2D eigenvalue weighted by molar-refractivity contribution is 9.11. The number of likely N-dealkylation sites (tertiary alicyclic amines) is 1. The molecule has 1 fully saturated rings. The molecule has 1 amide bonds. The molecule has 1 aromatic rings. The van der Waals surface area contributed by atoms with Crippen molar-refractivity contribution >= 4 is 33.2 Å². The van der Waals surface area contributed by atoms with Gasteiger partial charge in [-0.2, -0.15) is 0 Å². The van der Waals surface area contributed by atoms with Gasteiger partial charge in [0.2, 0.25) is 0 Å². The average Bonchev–Trinajstić information content (AvgIpc) is 2.84. The third-order valence-corrected chi connectivity index (χ3v) is 4.57. The topological polar surface area (TPSA) is 46.3 Å². The highest BCUT2D eigenvalue weighted by atomic mass is 79.9. The number of nitrogens with two attached hydrogens (primary N) is 1. The molecule has 1 aromatic heterocycles. The Morgan fingerprint density at radius 3 is 3.00 bits per heavy atom. The third-order valence-electron chi connectivity index (χ3n) is 3.07. The Hall–Kier alpha value is -0.390. The SMILES string of the molecule is CC(N)C1CCN(C(=O)c2csc(Br)c2)C1. The molecular weight excluding hydrogens is 288 g/mol. The first-order valence-electron chi connectivity index (χ1n) is 5.37. The monoisotopic (exact) mass is 302 g/mol. The third kappa shape index (κ3) is 2.47. The van der Waals surface area contributed by atoms with Gasteiger partial charge in [-0.1, -0.05) is 0 Å². The van der Waals surface area contributed by atoms with Crippen molar-refractivity contribution in [3.63, 3.8) is 0 Å². The summed E-state index contributed by atoms with van der Waals surface area (Å²) in [6, 6.07) is 2.05. The van der Waals surface area contributed by atoms with E-state index in [-0.39, 0.29) is 11.9 Å². The number of nitrogens with zero attached hydrogens (tertiary/aromatic N) is 1. The van der Waals surface area contributed by atoms with Crippen LogP contribution >= 0.6 is 27.3 Å². The second-order valence-corrected chi connectivity index (χ2v) is 6.59. The fraction of sp³-hybridized carbons (Fsp3) is 0.545. The van der Waals surface area contributed by atoms with Crippen LogP contribution in [0.5, 0.6) is 0 Å². The van der Waals surface area contributed by atoms with Gasteiger partial charge in [0.05, 0.1) is 9.35 Å². The molecule has 2 N–H and O–H groups in total. The van der Waals surface area contributed by atoms with E-state index in [0.29, 0.717) is 5.92 Å². The van der Waals surface area contributed by atoms with Crippen LogP contribution in [0.3, 0.4) is 0 Å². The van der Waals surface area contributed by atoms with Crippen molar-refractivity contribution in [1.29, 1.82) is 0 Å². The minimum atomic E-state index is 0.130. The first kappa shape index (κ1) is 12.1. The molecule has 1 aliphatic rings. The molecule has 0 bridgehead atoms. The second-order valence-electron chi connectivity index (χ2n) is 4.30. The van der Waals surface area contributed by atoms with Crippen molar-refractivity contribution in [2.75, 3.05) is 13.1 Å². The van der Waals surface area contributed by atoms with Crippen LogP contribution in [0.4, 0.5) is 0 Å². The van der Waals surface area contributed by atoms with Crippen molar-refractivity contribution in [2.45, 2.75) is 19.4 Å². The Morgan fingerprint density at radius 1 is 1.75 bits per heavy atom. The van der Waals surface area contributed by atoms with E-state index in [0.717, 1.165) is 28.9 Å². The van der Waals surface area contributed by atoms with Gasteiger partial charge in [-0.3, -0.25) is 4.79 Å². The van der Waals surface area contributed by atoms with Gasteiger partial charge in [-0.25, -0.2) is 0 Å². The molecule has 88 valence electrons. The van der Waals surface area contributed by atoms with Crippen LogP contribution in [0.25, 0.3) is 0 Å². The molecule has 0 radical (unpaired) electrons. The lowest BCUT2D eigenvalue weighted by Crippen LogP contribution is -2.32. The van der Waals surface area contributed by atoms with Crippen molar-refractivity contribution in [2.24, 2.45) is 11.7 Å². The molecule has 0 saturated carbocycles. The Kier molecular flexibility index (Phi) is 3.66. The summed E-state index contributed by atoms with van der Waals surface area (Å²) >= 11 is 4.91. The summed E-state index contributed by atoms with van der Waals surface area (Å²) in [5, 5.41) is 1.89. The number of rotatable bonds is 2. The Morgan fingerprint density at radius 2 is 2.50 bits per heavy atom. The minimum absolute atomic E-state index is 0.130. The molecule has 2 rings (SSSR count). The van der Waals surface area contributed by atoms with E-state index >= 15 is 0 Å². The predicted octanol–water partition coefficient (Wildman–Crippen LogP) is 2.32. The summed E-state index contributed by atoms with van der Waals surface area (Å²) in [4.78, 5) is 14.0. The van der Waals surface area contributed by atoms with Gasteiger partial charge in [0.25, 0.3) is 5.91 Å². The molecule has 16 heavy (non-hydrogen) atoms. The van der Waals surface area contributed by atoms with E-state index < -0.39 is 0 Å². The number of hydrogen-bond donors (Lipinski definition) is 1. The van der Waals surface area contributed by atoms with Crippen molar-refractivity contribution in [3.8, 4) is 0 Å². The number of thiophene rings is 1. The van der Waals surface area contributed by atoms with Crippen molar-refractivity contribution in [1.82, 2.24) is 4.90 Å². The molecule has 5 heteroatoms. The summed E-state index contributed by atoms with van der Waals surface area (Å²) in [5.41, 5.74) is 6.64. The van der Waals surface area contributed by atoms with Crippen LogP contribution in [0, 0.1) is 5.92 Å². The molecule has 0 aliphatic carbocycles. The molecular formula is C11H15BrN2OS. The molecule has 3 nitrogen and oxygen atoms in total. The Labute approximate surface area is 108 Å². The zero-order valence-electron chi connectivity index (χ0n) is 9.15. The quantitative estimate of drug-likeness (QED) is 0.911. The van der Waals surface area contributed by atoms with Gasteiger partial charge < -0.3 is 10.6 Å². The van der Waals surface area contributed by atoms with Crippen LogP contribution in [0.15, 0.2) is 15.2 Å². The molecule has 1 aliphatic heterocycles. The number of carbonyl (C=O) groups is 1. The molecule has 1 saturated heterocycles. The molecule has 0 spiro atoms. The highest BCUT2D eigenvalue weighted by Gasteiger charge is 2.29. The normalized spacial score (nSPS) is 22.4. The van der Waals surface area contributed by atoms with Gasteiger partial charge in [0.15, 0.2) is 0 Å². The van der Waals surface area contributed by atoms with Crippen LogP contribution in [-0.2, 0) is 0 Å². The van der Waals surface area contributed by atoms with Gasteiger partial charge in [-0.15, -0.1) is 11.3 Å². The van der Waals surface area contributed by atoms with E-state index in [4.69, 9.17) is 5.73 Å². The first-order chi connectivity index (χ1) is 7.58. The van der Waals surface area contributed by atoms with E-state index in [1.54, 1.807) is 11.3 Å². The van der Waals surface area contributed by atoms with Gasteiger partial charge >= 0.3 is 0 Å². The van der Waals surface area contributed by atoms with E-state index in [1.807, 2.05) is 23.3 Å². The Bertz CT molecular complexity index is 391. The largest absolute Gasteiger partial charge is 0.338 e.